The highest BCUT2D eigenvalue weighted by molar-refractivity contribution is 7.89. The van der Waals surface area contributed by atoms with E-state index in [0.29, 0.717) is 25.4 Å². The maximum absolute atomic E-state index is 13.1. The number of sulfonamides is 1. The molecule has 2 aliphatic rings. The number of carbonyl (C=O) groups is 1. The lowest BCUT2D eigenvalue weighted by Crippen LogP contribution is -2.51. The first-order chi connectivity index (χ1) is 14.4. The van der Waals surface area contributed by atoms with E-state index in [4.69, 9.17) is 4.74 Å². The van der Waals surface area contributed by atoms with Crippen molar-refractivity contribution in [1.29, 1.82) is 0 Å². The molecule has 8 heteroatoms. The van der Waals surface area contributed by atoms with Crippen molar-refractivity contribution in [2.45, 2.75) is 24.2 Å². The standard InChI is InChI=1S/C22H25FN2O4S/c1-2-29-18-7-9-19(10-8-18)30(27,28)25-13-11-24(12-14-25)22(26)21-15-20(21)16-3-5-17(23)6-4-16/h3-10,20-21H,2,11-15H2,1H3. The zero-order valence-electron chi connectivity index (χ0n) is 16.8. The molecule has 0 N–H and O–H groups in total. The van der Waals surface area contributed by atoms with Gasteiger partial charge in [-0.1, -0.05) is 12.1 Å². The second kappa shape index (κ2) is 8.35. The summed E-state index contributed by atoms with van der Waals surface area (Å²) in [5, 5.41) is 0. The average molecular weight is 433 g/mol. The first kappa shape index (κ1) is 20.8. The fourth-order valence-electron chi connectivity index (χ4n) is 3.95. The Hall–Kier alpha value is -2.45. The Morgan fingerprint density at radius 3 is 2.27 bits per heavy atom. The van der Waals surface area contributed by atoms with Gasteiger partial charge in [-0.05, 0) is 61.2 Å². The number of hydrogen-bond acceptors (Lipinski definition) is 4. The molecule has 6 nitrogen and oxygen atoms in total. The van der Waals surface area contributed by atoms with Crippen molar-refractivity contribution in [2.75, 3.05) is 32.8 Å². The lowest BCUT2D eigenvalue weighted by Gasteiger charge is -2.34. The Labute approximate surface area is 176 Å². The molecular weight excluding hydrogens is 407 g/mol. The number of nitrogens with zero attached hydrogens (tertiary/aromatic N) is 2. The first-order valence-corrected chi connectivity index (χ1v) is 11.6. The Bertz CT molecular complexity index is 1000. The third-order valence-corrected chi connectivity index (χ3v) is 7.64. The monoisotopic (exact) mass is 432 g/mol. The van der Waals surface area contributed by atoms with Gasteiger partial charge < -0.3 is 9.64 Å². The van der Waals surface area contributed by atoms with Crippen LogP contribution >= 0.6 is 0 Å². The maximum atomic E-state index is 13.1. The largest absolute Gasteiger partial charge is 0.494 e. The molecule has 1 aliphatic carbocycles. The first-order valence-electron chi connectivity index (χ1n) is 10.2. The number of piperazine rings is 1. The summed E-state index contributed by atoms with van der Waals surface area (Å²) in [5.41, 5.74) is 0.978. The summed E-state index contributed by atoms with van der Waals surface area (Å²) in [6.07, 6.45) is 0.759. The predicted molar refractivity (Wildman–Crippen MR) is 110 cm³/mol. The van der Waals surface area contributed by atoms with Crippen molar-refractivity contribution in [3.63, 3.8) is 0 Å². The summed E-state index contributed by atoms with van der Waals surface area (Å²) in [6.45, 7) is 3.69. The van der Waals surface area contributed by atoms with Crippen molar-refractivity contribution in [1.82, 2.24) is 9.21 Å². The Morgan fingerprint density at radius 2 is 1.67 bits per heavy atom. The number of hydrogen-bond donors (Lipinski definition) is 0. The maximum Gasteiger partial charge on any atom is 0.243 e. The highest BCUT2D eigenvalue weighted by Crippen LogP contribution is 2.48. The van der Waals surface area contributed by atoms with Crippen LogP contribution in [0.1, 0.15) is 24.8 Å². The van der Waals surface area contributed by atoms with Gasteiger partial charge in [0, 0.05) is 32.1 Å². The molecule has 1 saturated heterocycles. The number of halogens is 1. The van der Waals surface area contributed by atoms with Crippen LogP contribution in [0.3, 0.4) is 0 Å². The van der Waals surface area contributed by atoms with Gasteiger partial charge in [0.1, 0.15) is 11.6 Å². The molecule has 2 aromatic rings. The van der Waals surface area contributed by atoms with Crippen LogP contribution in [0.15, 0.2) is 53.4 Å². The van der Waals surface area contributed by atoms with Crippen molar-refractivity contribution in [2.24, 2.45) is 5.92 Å². The summed E-state index contributed by atoms with van der Waals surface area (Å²) >= 11 is 0. The second-order valence-electron chi connectivity index (χ2n) is 7.63. The van der Waals surface area contributed by atoms with Crippen molar-refractivity contribution in [3.8, 4) is 5.75 Å². The van der Waals surface area contributed by atoms with Gasteiger partial charge in [-0.15, -0.1) is 0 Å². The summed E-state index contributed by atoms with van der Waals surface area (Å²) in [5.74, 6) is 0.440. The van der Waals surface area contributed by atoms with Gasteiger partial charge in [0.2, 0.25) is 15.9 Å². The van der Waals surface area contributed by atoms with Crippen LogP contribution in [0, 0.1) is 11.7 Å². The van der Waals surface area contributed by atoms with E-state index in [1.807, 2.05) is 6.92 Å². The highest BCUT2D eigenvalue weighted by Gasteiger charge is 2.46. The summed E-state index contributed by atoms with van der Waals surface area (Å²) in [7, 11) is -3.60. The third-order valence-electron chi connectivity index (χ3n) is 5.73. The van der Waals surface area contributed by atoms with Crippen LogP contribution in [-0.2, 0) is 14.8 Å². The molecular formula is C22H25FN2O4S. The van der Waals surface area contributed by atoms with Gasteiger partial charge in [0.05, 0.1) is 11.5 Å². The van der Waals surface area contributed by atoms with Gasteiger partial charge in [-0.25, -0.2) is 12.8 Å². The van der Waals surface area contributed by atoms with E-state index in [-0.39, 0.29) is 41.5 Å². The van der Waals surface area contributed by atoms with Crippen LogP contribution in [0.2, 0.25) is 0 Å². The molecule has 1 heterocycles. The fraction of sp³-hybridized carbons (Fsp3) is 0.409. The van der Waals surface area contributed by atoms with E-state index in [2.05, 4.69) is 0 Å². The molecule has 2 aromatic carbocycles. The molecule has 4 rings (SSSR count). The second-order valence-corrected chi connectivity index (χ2v) is 9.57. The fourth-order valence-corrected chi connectivity index (χ4v) is 5.38. The lowest BCUT2D eigenvalue weighted by molar-refractivity contribution is -0.133. The summed E-state index contributed by atoms with van der Waals surface area (Å²) in [6, 6.07) is 12.7. The minimum Gasteiger partial charge on any atom is -0.494 e. The van der Waals surface area contributed by atoms with Gasteiger partial charge in [-0.3, -0.25) is 4.79 Å². The van der Waals surface area contributed by atoms with Gasteiger partial charge in [0.15, 0.2) is 0 Å². The smallest absolute Gasteiger partial charge is 0.243 e. The zero-order valence-corrected chi connectivity index (χ0v) is 17.6. The topological polar surface area (TPSA) is 66.9 Å². The average Bonchev–Trinajstić information content (AvgIpc) is 3.55. The SMILES string of the molecule is CCOc1ccc(S(=O)(=O)N2CCN(C(=O)C3CC3c3ccc(F)cc3)CC2)cc1. The number of ether oxygens (including phenoxy) is 1. The van der Waals surface area contributed by atoms with E-state index in [9.17, 15) is 17.6 Å². The van der Waals surface area contributed by atoms with E-state index >= 15 is 0 Å². The van der Waals surface area contributed by atoms with E-state index in [1.165, 1.54) is 16.4 Å². The minimum atomic E-state index is -3.60. The van der Waals surface area contributed by atoms with Crippen LogP contribution in [-0.4, -0.2) is 56.3 Å². The Kier molecular flexibility index (Phi) is 5.79. The van der Waals surface area contributed by atoms with Crippen LogP contribution in [0.25, 0.3) is 0 Å². The molecule has 1 amide bonds. The molecule has 2 fully saturated rings. The lowest BCUT2D eigenvalue weighted by atomic mass is 10.1. The van der Waals surface area contributed by atoms with Crippen LogP contribution < -0.4 is 4.74 Å². The van der Waals surface area contributed by atoms with Gasteiger partial charge in [-0.2, -0.15) is 4.31 Å². The van der Waals surface area contributed by atoms with Crippen molar-refractivity contribution in [3.05, 3.63) is 59.9 Å². The Balaban J connectivity index is 1.34. The zero-order chi connectivity index (χ0) is 21.3. The molecule has 160 valence electrons. The van der Waals surface area contributed by atoms with E-state index in [1.54, 1.807) is 41.3 Å². The molecule has 0 bridgehead atoms. The summed E-state index contributed by atoms with van der Waals surface area (Å²) < 4.78 is 45.7. The number of carbonyl (C=O) groups excluding carboxylic acids is 1. The molecule has 0 radical (unpaired) electrons. The molecule has 30 heavy (non-hydrogen) atoms. The molecule has 0 spiro atoms. The van der Waals surface area contributed by atoms with Crippen molar-refractivity contribution >= 4 is 15.9 Å². The van der Waals surface area contributed by atoms with Crippen molar-refractivity contribution < 1.29 is 22.3 Å². The molecule has 0 aromatic heterocycles. The number of benzene rings is 2. The number of amides is 1. The molecule has 2 atom stereocenters. The Morgan fingerprint density at radius 1 is 1.03 bits per heavy atom. The molecule has 1 aliphatic heterocycles. The summed E-state index contributed by atoms with van der Waals surface area (Å²) in [4.78, 5) is 14.8. The minimum absolute atomic E-state index is 0.0578. The van der Waals surface area contributed by atoms with Gasteiger partial charge in [0.25, 0.3) is 0 Å². The third kappa shape index (κ3) is 4.20. The van der Waals surface area contributed by atoms with Crippen LogP contribution in [0.5, 0.6) is 5.75 Å². The van der Waals surface area contributed by atoms with Crippen LogP contribution in [0.4, 0.5) is 4.39 Å². The van der Waals surface area contributed by atoms with E-state index < -0.39 is 10.0 Å². The molecule has 1 saturated carbocycles. The predicted octanol–water partition coefficient (Wildman–Crippen LogP) is 2.86. The molecule has 2 unspecified atom stereocenters. The quantitative estimate of drug-likeness (QED) is 0.704. The van der Waals surface area contributed by atoms with Gasteiger partial charge >= 0.3 is 0 Å². The number of rotatable bonds is 6. The van der Waals surface area contributed by atoms with E-state index in [0.717, 1.165) is 12.0 Å². The highest BCUT2D eigenvalue weighted by atomic mass is 32.2. The normalized spacial score (nSPS) is 22.0.